The van der Waals surface area contributed by atoms with E-state index >= 15 is 0 Å². The highest BCUT2D eigenvalue weighted by molar-refractivity contribution is 9.10. The zero-order valence-corrected chi connectivity index (χ0v) is 16.1. The normalized spacial score (nSPS) is 14.0. The number of halogens is 4. The van der Waals surface area contributed by atoms with Gasteiger partial charge in [0.25, 0.3) is 5.91 Å². The number of carbonyl (C=O) groups is 1. The summed E-state index contributed by atoms with van der Waals surface area (Å²) in [5.41, 5.74) is 1.15. The molecule has 142 valence electrons. The second-order valence-corrected chi connectivity index (χ2v) is 6.93. The van der Waals surface area contributed by atoms with E-state index in [1.54, 1.807) is 24.3 Å². The molecule has 1 amide bonds. The molecule has 1 aliphatic heterocycles. The Bertz CT molecular complexity index is 1080. The maximum Gasteiger partial charge on any atom is 0.586 e. The van der Waals surface area contributed by atoms with E-state index in [-0.39, 0.29) is 17.3 Å². The van der Waals surface area contributed by atoms with Crippen molar-refractivity contribution >= 4 is 39.3 Å². The van der Waals surface area contributed by atoms with Gasteiger partial charge in [0.2, 0.25) is 0 Å². The van der Waals surface area contributed by atoms with Crippen LogP contribution < -0.4 is 14.8 Å². The van der Waals surface area contributed by atoms with Crippen molar-refractivity contribution in [1.82, 2.24) is 9.97 Å². The average Bonchev–Trinajstić information content (AvgIpc) is 2.95. The third-order valence-corrected chi connectivity index (χ3v) is 4.76. The average molecular weight is 469 g/mol. The molecule has 0 bridgehead atoms. The van der Waals surface area contributed by atoms with Gasteiger partial charge in [-0.3, -0.25) is 9.78 Å². The van der Waals surface area contributed by atoms with E-state index in [2.05, 4.69) is 40.7 Å². The van der Waals surface area contributed by atoms with E-state index in [0.29, 0.717) is 26.3 Å². The van der Waals surface area contributed by atoms with Crippen molar-refractivity contribution < 1.29 is 23.0 Å². The van der Waals surface area contributed by atoms with Gasteiger partial charge < -0.3 is 14.8 Å². The van der Waals surface area contributed by atoms with E-state index in [1.165, 1.54) is 24.5 Å². The number of ether oxygens (including phenoxy) is 2. The molecular formula is C18H9BrClF2N3O3. The van der Waals surface area contributed by atoms with Gasteiger partial charge in [-0.25, -0.2) is 4.98 Å². The van der Waals surface area contributed by atoms with Gasteiger partial charge in [0, 0.05) is 10.0 Å². The lowest BCUT2D eigenvalue weighted by atomic mass is 10.1. The number of aromatic nitrogens is 2. The van der Waals surface area contributed by atoms with Gasteiger partial charge in [-0.1, -0.05) is 23.7 Å². The maximum absolute atomic E-state index is 13.2. The summed E-state index contributed by atoms with van der Waals surface area (Å²) in [5, 5.41) is 2.90. The zero-order valence-electron chi connectivity index (χ0n) is 13.7. The van der Waals surface area contributed by atoms with Crippen molar-refractivity contribution in [1.29, 1.82) is 0 Å². The highest BCUT2D eigenvalue weighted by Gasteiger charge is 2.43. The number of carbonyl (C=O) groups excluding carboxylic acids is 1. The third-order valence-electron chi connectivity index (χ3n) is 3.78. The van der Waals surface area contributed by atoms with E-state index in [0.717, 1.165) is 0 Å². The van der Waals surface area contributed by atoms with Crippen LogP contribution >= 0.6 is 27.5 Å². The quantitative estimate of drug-likeness (QED) is 0.577. The SMILES string of the molecule is O=C(Nc1cnc(-c2cc3c(cc2Br)OC(F)(F)O3)cn1)c1ccccc1Cl. The molecule has 1 N–H and O–H groups in total. The second-order valence-electron chi connectivity index (χ2n) is 5.67. The first-order valence-corrected chi connectivity index (χ1v) is 8.97. The van der Waals surface area contributed by atoms with E-state index in [1.807, 2.05) is 0 Å². The summed E-state index contributed by atoms with van der Waals surface area (Å²) in [6.45, 7) is 0. The highest BCUT2D eigenvalue weighted by Crippen LogP contribution is 2.45. The van der Waals surface area contributed by atoms with Crippen LogP contribution in [-0.4, -0.2) is 22.2 Å². The molecule has 3 aromatic rings. The molecule has 6 nitrogen and oxygen atoms in total. The second kappa shape index (κ2) is 6.99. The summed E-state index contributed by atoms with van der Waals surface area (Å²) >= 11 is 9.29. The van der Waals surface area contributed by atoms with Crippen LogP contribution in [0.3, 0.4) is 0 Å². The van der Waals surface area contributed by atoms with Gasteiger partial charge in [0.15, 0.2) is 17.3 Å². The van der Waals surface area contributed by atoms with Gasteiger partial charge in [-0.15, -0.1) is 8.78 Å². The standard InChI is InChI=1S/C18H9BrClF2N3O3/c19-11-6-15-14(27-18(21,22)28-15)5-10(11)13-7-24-16(8-23-13)25-17(26)9-3-1-2-4-12(9)20/h1-8H,(H,24,25,26). The van der Waals surface area contributed by atoms with Crippen LogP contribution in [0, 0.1) is 0 Å². The molecule has 0 spiro atoms. The van der Waals surface area contributed by atoms with Gasteiger partial charge in [0.05, 0.1) is 28.7 Å². The summed E-state index contributed by atoms with van der Waals surface area (Å²) in [4.78, 5) is 20.6. The zero-order chi connectivity index (χ0) is 19.9. The van der Waals surface area contributed by atoms with Gasteiger partial charge >= 0.3 is 6.29 Å². The van der Waals surface area contributed by atoms with Crippen molar-refractivity contribution in [2.75, 3.05) is 5.32 Å². The fourth-order valence-electron chi connectivity index (χ4n) is 2.53. The Kier molecular flexibility index (Phi) is 4.64. The van der Waals surface area contributed by atoms with Crippen LogP contribution in [0.1, 0.15) is 10.4 Å². The molecule has 0 atom stereocenters. The molecule has 0 aliphatic carbocycles. The number of benzene rings is 2. The first-order chi connectivity index (χ1) is 13.3. The summed E-state index contributed by atoms with van der Waals surface area (Å²) in [6.07, 6.45) is -0.975. The van der Waals surface area contributed by atoms with Crippen molar-refractivity contribution in [3.8, 4) is 22.8 Å². The lowest BCUT2D eigenvalue weighted by Crippen LogP contribution is -2.25. The number of anilines is 1. The minimum Gasteiger partial charge on any atom is -0.395 e. The lowest BCUT2D eigenvalue weighted by Gasteiger charge is -2.08. The fraction of sp³-hybridized carbons (Fsp3) is 0.0556. The number of nitrogens with zero attached hydrogens (tertiary/aromatic N) is 2. The van der Waals surface area contributed by atoms with Gasteiger partial charge in [-0.2, -0.15) is 0 Å². The van der Waals surface area contributed by atoms with Crippen molar-refractivity contribution in [3.63, 3.8) is 0 Å². The molecule has 2 aromatic carbocycles. The summed E-state index contributed by atoms with van der Waals surface area (Å²) in [7, 11) is 0. The number of alkyl halides is 2. The molecule has 0 saturated carbocycles. The maximum atomic E-state index is 13.2. The summed E-state index contributed by atoms with van der Waals surface area (Å²) in [6, 6.07) is 9.32. The number of nitrogens with one attached hydrogen (secondary N) is 1. The highest BCUT2D eigenvalue weighted by atomic mass is 79.9. The van der Waals surface area contributed by atoms with Crippen LogP contribution in [0.25, 0.3) is 11.3 Å². The fourth-order valence-corrected chi connectivity index (χ4v) is 3.28. The molecule has 28 heavy (non-hydrogen) atoms. The van der Waals surface area contributed by atoms with Crippen LogP contribution in [-0.2, 0) is 0 Å². The molecule has 2 heterocycles. The molecular weight excluding hydrogens is 460 g/mol. The monoisotopic (exact) mass is 467 g/mol. The Morgan fingerprint density at radius 2 is 1.82 bits per heavy atom. The van der Waals surface area contributed by atoms with Crippen LogP contribution in [0.5, 0.6) is 11.5 Å². The number of hydrogen-bond acceptors (Lipinski definition) is 5. The Morgan fingerprint density at radius 1 is 1.11 bits per heavy atom. The molecule has 1 aliphatic rings. The summed E-state index contributed by atoms with van der Waals surface area (Å²) < 4.78 is 35.7. The van der Waals surface area contributed by atoms with Crippen molar-refractivity contribution in [3.05, 3.63) is 63.9 Å². The van der Waals surface area contributed by atoms with Crippen LogP contribution in [0.4, 0.5) is 14.6 Å². The molecule has 0 fully saturated rings. The minimum atomic E-state index is -3.71. The minimum absolute atomic E-state index is 0.0859. The Hall–Kier alpha value is -2.78. The smallest absolute Gasteiger partial charge is 0.395 e. The number of fused-ring (bicyclic) bond motifs is 1. The van der Waals surface area contributed by atoms with Crippen molar-refractivity contribution in [2.45, 2.75) is 6.29 Å². The Balaban J connectivity index is 1.56. The van der Waals surface area contributed by atoms with Crippen LogP contribution in [0.2, 0.25) is 5.02 Å². The first-order valence-electron chi connectivity index (χ1n) is 7.80. The molecule has 0 unspecified atom stereocenters. The predicted molar refractivity (Wildman–Crippen MR) is 101 cm³/mol. The number of amides is 1. The Morgan fingerprint density at radius 3 is 2.50 bits per heavy atom. The number of hydrogen-bond donors (Lipinski definition) is 1. The first kappa shape index (κ1) is 18.6. The van der Waals surface area contributed by atoms with E-state index < -0.39 is 12.2 Å². The molecule has 10 heteroatoms. The molecule has 0 radical (unpaired) electrons. The predicted octanol–water partition coefficient (Wildman–Crippen LogP) is 5.13. The molecule has 0 saturated heterocycles. The number of rotatable bonds is 3. The summed E-state index contributed by atoms with van der Waals surface area (Å²) in [5.74, 6) is -0.422. The van der Waals surface area contributed by atoms with Gasteiger partial charge in [-0.05, 0) is 40.2 Å². The van der Waals surface area contributed by atoms with E-state index in [4.69, 9.17) is 11.6 Å². The van der Waals surface area contributed by atoms with E-state index in [9.17, 15) is 13.6 Å². The molecule has 1 aromatic heterocycles. The topological polar surface area (TPSA) is 73.3 Å². The largest absolute Gasteiger partial charge is 0.586 e. The Labute approximate surface area is 170 Å². The van der Waals surface area contributed by atoms with Crippen LogP contribution in [0.15, 0.2) is 53.3 Å². The third kappa shape index (κ3) is 3.63. The molecule has 4 rings (SSSR count). The van der Waals surface area contributed by atoms with Gasteiger partial charge in [0.1, 0.15) is 0 Å². The van der Waals surface area contributed by atoms with Crippen molar-refractivity contribution in [2.24, 2.45) is 0 Å². The lowest BCUT2D eigenvalue weighted by molar-refractivity contribution is -0.286.